The number of hydrogen-bond donors (Lipinski definition) is 0. The first kappa shape index (κ1) is 19.9. The van der Waals surface area contributed by atoms with Crippen LogP contribution < -0.4 is 0 Å². The van der Waals surface area contributed by atoms with Crippen molar-refractivity contribution < 1.29 is 33.1 Å². The molecule has 6 atom stereocenters. The van der Waals surface area contributed by atoms with E-state index in [2.05, 4.69) is 0 Å². The fourth-order valence-corrected chi connectivity index (χ4v) is 5.23. The zero-order chi connectivity index (χ0) is 21.1. The highest BCUT2D eigenvalue weighted by molar-refractivity contribution is 5.93. The molecule has 7 heteroatoms. The highest BCUT2D eigenvalue weighted by Gasteiger charge is 2.60. The summed E-state index contributed by atoms with van der Waals surface area (Å²) in [4.78, 5) is 51.0. The summed E-state index contributed by atoms with van der Waals surface area (Å²) >= 11 is 0. The first-order valence-electron chi connectivity index (χ1n) is 10.1. The van der Waals surface area contributed by atoms with E-state index < -0.39 is 41.4 Å². The largest absolute Gasteiger partial charge is 0.469 e. The van der Waals surface area contributed by atoms with Gasteiger partial charge >= 0.3 is 11.9 Å². The lowest BCUT2D eigenvalue weighted by Gasteiger charge is -2.40. The van der Waals surface area contributed by atoms with E-state index in [-0.39, 0.29) is 29.8 Å². The number of carbonyl (C=O) groups is 4. The quantitative estimate of drug-likeness (QED) is 0.666. The van der Waals surface area contributed by atoms with Crippen LogP contribution in [0.2, 0.25) is 0 Å². The average molecular weight is 402 g/mol. The van der Waals surface area contributed by atoms with Gasteiger partial charge in [-0.15, -0.1) is 0 Å². The van der Waals surface area contributed by atoms with Crippen molar-refractivity contribution >= 4 is 23.5 Å². The monoisotopic (exact) mass is 402 g/mol. The summed E-state index contributed by atoms with van der Waals surface area (Å²) in [5.74, 6) is -2.27. The number of carbonyl (C=O) groups excluding carboxylic acids is 4. The van der Waals surface area contributed by atoms with Gasteiger partial charge in [0, 0.05) is 42.6 Å². The van der Waals surface area contributed by atoms with Crippen molar-refractivity contribution in [3.8, 4) is 0 Å². The number of rotatable bonds is 1. The van der Waals surface area contributed by atoms with Gasteiger partial charge in [0.25, 0.3) is 0 Å². The van der Waals surface area contributed by atoms with Gasteiger partial charge in [0.05, 0.1) is 12.2 Å². The molecule has 2 heterocycles. The first-order chi connectivity index (χ1) is 13.6. The van der Waals surface area contributed by atoms with Gasteiger partial charge in [0.2, 0.25) is 0 Å². The van der Waals surface area contributed by atoms with Gasteiger partial charge in [0.15, 0.2) is 18.0 Å². The standard InChI is InChI=1S/C22H26O7/c1-10-13-9-15-12(6-8-27-15)17-16(13)18(29-21(17)26)19(28-11(2)23)20(25)22(3,4)7-5-14(10)24/h6,8,10,13,16-19H,5,7,9H2,1-4H3. The second kappa shape index (κ2) is 6.82. The van der Waals surface area contributed by atoms with Crippen LogP contribution in [0.5, 0.6) is 0 Å². The van der Waals surface area contributed by atoms with Crippen molar-refractivity contribution in [3.05, 3.63) is 23.7 Å². The molecule has 29 heavy (non-hydrogen) atoms. The van der Waals surface area contributed by atoms with Crippen molar-refractivity contribution in [1.82, 2.24) is 0 Å². The van der Waals surface area contributed by atoms with Crippen molar-refractivity contribution in [1.29, 1.82) is 0 Å². The lowest BCUT2D eigenvalue weighted by Crippen LogP contribution is -2.51. The Bertz CT molecular complexity index is 879. The average Bonchev–Trinajstić information content (AvgIpc) is 3.25. The van der Waals surface area contributed by atoms with Crippen LogP contribution in [0, 0.1) is 23.2 Å². The number of ketones is 2. The molecule has 2 fully saturated rings. The maximum Gasteiger partial charge on any atom is 0.314 e. The van der Waals surface area contributed by atoms with Gasteiger partial charge in [0.1, 0.15) is 11.5 Å². The third-order valence-corrected chi connectivity index (χ3v) is 6.96. The molecular weight excluding hydrogens is 376 g/mol. The number of ether oxygens (including phenoxy) is 2. The molecule has 0 radical (unpaired) electrons. The normalized spacial score (nSPS) is 36.1. The van der Waals surface area contributed by atoms with Crippen molar-refractivity contribution in [2.75, 3.05) is 0 Å². The topological polar surface area (TPSA) is 99.9 Å². The van der Waals surface area contributed by atoms with Crippen LogP contribution in [0.25, 0.3) is 0 Å². The van der Waals surface area contributed by atoms with E-state index in [0.29, 0.717) is 18.6 Å². The molecule has 1 aliphatic heterocycles. The lowest BCUT2D eigenvalue weighted by molar-refractivity contribution is -0.171. The van der Waals surface area contributed by atoms with Crippen LogP contribution in [0.4, 0.5) is 0 Å². The lowest BCUT2D eigenvalue weighted by atomic mass is 9.62. The first-order valence-corrected chi connectivity index (χ1v) is 10.1. The third kappa shape index (κ3) is 3.11. The minimum Gasteiger partial charge on any atom is -0.469 e. The van der Waals surface area contributed by atoms with Crippen molar-refractivity contribution in [3.63, 3.8) is 0 Å². The van der Waals surface area contributed by atoms with Crippen LogP contribution >= 0.6 is 0 Å². The van der Waals surface area contributed by atoms with Crippen molar-refractivity contribution in [2.24, 2.45) is 23.2 Å². The summed E-state index contributed by atoms with van der Waals surface area (Å²) in [6.45, 7) is 6.60. The Morgan fingerprint density at radius 3 is 2.66 bits per heavy atom. The number of furan rings is 1. The van der Waals surface area contributed by atoms with Crippen molar-refractivity contribution in [2.45, 2.75) is 65.1 Å². The van der Waals surface area contributed by atoms with Gasteiger partial charge < -0.3 is 13.9 Å². The molecule has 0 amide bonds. The summed E-state index contributed by atoms with van der Waals surface area (Å²) in [5.41, 5.74) is -0.147. The zero-order valence-electron chi connectivity index (χ0n) is 17.1. The summed E-state index contributed by atoms with van der Waals surface area (Å²) < 4.78 is 16.8. The van der Waals surface area contributed by atoms with E-state index in [9.17, 15) is 19.2 Å². The van der Waals surface area contributed by atoms with Crippen LogP contribution in [-0.2, 0) is 35.1 Å². The number of esters is 2. The number of Topliss-reactive ketones (excluding diaryl/α,β-unsaturated/α-hetero) is 2. The van der Waals surface area contributed by atoms with Crippen LogP contribution in [-0.4, -0.2) is 35.7 Å². The summed E-state index contributed by atoms with van der Waals surface area (Å²) in [6.07, 6.45) is 0.522. The molecule has 0 aromatic carbocycles. The van der Waals surface area contributed by atoms with E-state index in [1.54, 1.807) is 19.9 Å². The molecule has 0 spiro atoms. The maximum absolute atomic E-state index is 13.4. The van der Waals surface area contributed by atoms with E-state index in [1.807, 2.05) is 6.92 Å². The molecule has 0 N–H and O–H groups in total. The fraction of sp³-hybridized carbons (Fsp3) is 0.636. The van der Waals surface area contributed by atoms with Gasteiger partial charge in [-0.25, -0.2) is 0 Å². The van der Waals surface area contributed by atoms with Crippen LogP contribution in [0.15, 0.2) is 16.7 Å². The van der Waals surface area contributed by atoms with E-state index in [1.165, 1.54) is 13.2 Å². The zero-order valence-corrected chi connectivity index (χ0v) is 17.1. The Balaban J connectivity index is 1.86. The summed E-state index contributed by atoms with van der Waals surface area (Å²) in [6, 6.07) is 1.75. The van der Waals surface area contributed by atoms with E-state index in [0.717, 1.165) is 5.56 Å². The van der Waals surface area contributed by atoms with Gasteiger partial charge in [-0.2, -0.15) is 0 Å². The smallest absolute Gasteiger partial charge is 0.314 e. The Kier molecular flexibility index (Phi) is 4.67. The number of fused-ring (bicyclic) bond motifs is 2. The maximum atomic E-state index is 13.4. The summed E-state index contributed by atoms with van der Waals surface area (Å²) in [7, 11) is 0. The second-order valence-corrected chi connectivity index (χ2v) is 9.16. The third-order valence-electron chi connectivity index (χ3n) is 6.96. The summed E-state index contributed by atoms with van der Waals surface area (Å²) in [5, 5.41) is 0. The molecule has 7 nitrogen and oxygen atoms in total. The Hall–Kier alpha value is -2.44. The molecule has 6 unspecified atom stereocenters. The SMILES string of the molecule is CC(=O)OC1C(=O)C(C)(C)CCC(=O)C(C)C2Cc3occc3C3C(=O)OC1C32. The van der Waals surface area contributed by atoms with E-state index >= 15 is 0 Å². The molecule has 2 aliphatic carbocycles. The predicted octanol–water partition coefficient (Wildman–Crippen LogP) is 2.60. The molecule has 1 aromatic heterocycles. The minimum absolute atomic E-state index is 0.0636. The van der Waals surface area contributed by atoms with Gasteiger partial charge in [-0.3, -0.25) is 19.2 Å². The molecular formula is C22H26O7. The van der Waals surface area contributed by atoms with Crippen LogP contribution in [0.1, 0.15) is 57.8 Å². The molecule has 4 rings (SSSR count). The molecule has 3 aliphatic rings. The fourth-order valence-electron chi connectivity index (χ4n) is 5.23. The molecule has 1 saturated carbocycles. The molecule has 1 aromatic rings. The highest BCUT2D eigenvalue weighted by atomic mass is 16.6. The Morgan fingerprint density at radius 2 is 1.97 bits per heavy atom. The Morgan fingerprint density at radius 1 is 1.24 bits per heavy atom. The molecule has 1 saturated heterocycles. The minimum atomic E-state index is -1.18. The number of hydrogen-bond acceptors (Lipinski definition) is 7. The van der Waals surface area contributed by atoms with Gasteiger partial charge in [-0.05, 0) is 18.4 Å². The Labute approximate surface area is 169 Å². The van der Waals surface area contributed by atoms with E-state index in [4.69, 9.17) is 13.9 Å². The molecule has 156 valence electrons. The van der Waals surface area contributed by atoms with Crippen LogP contribution in [0.3, 0.4) is 0 Å². The predicted molar refractivity (Wildman–Crippen MR) is 99.8 cm³/mol. The second-order valence-electron chi connectivity index (χ2n) is 9.16. The molecule has 0 bridgehead atoms. The highest BCUT2D eigenvalue weighted by Crippen LogP contribution is 2.52. The van der Waals surface area contributed by atoms with Gasteiger partial charge in [-0.1, -0.05) is 20.8 Å².